The number of carbonyl (C=O) groups excluding carboxylic acids is 1. The van der Waals surface area contributed by atoms with Gasteiger partial charge in [-0.15, -0.1) is 12.4 Å². The molecule has 1 saturated heterocycles. The van der Waals surface area contributed by atoms with Gasteiger partial charge in [0.2, 0.25) is 15.7 Å². The molecule has 0 unspecified atom stereocenters. The largest absolute Gasteiger partial charge is 0.341 e. The Morgan fingerprint density at radius 1 is 1.25 bits per heavy atom. The Hall–Kier alpha value is -1.29. The molecule has 0 bridgehead atoms. The number of carbonyl (C=O) groups is 1. The predicted molar refractivity (Wildman–Crippen MR) is 89.2 cm³/mol. The third-order valence-electron chi connectivity index (χ3n) is 3.70. The number of nitrogens with one attached hydrogen (secondary N) is 1. The standard InChI is InChI=1S/C14H19F2N3O3S.ClH/c15-14(16)23(21,22)12-3-1-11(2-4-12)18-13(20)9-19-7-5-10(17)6-8-19;/h1-4,10,14H,5-9,17H2,(H,18,20);1H. The van der Waals surface area contributed by atoms with Gasteiger partial charge in [0.1, 0.15) is 0 Å². The van der Waals surface area contributed by atoms with Gasteiger partial charge < -0.3 is 11.1 Å². The lowest BCUT2D eigenvalue weighted by Gasteiger charge is -2.29. The van der Waals surface area contributed by atoms with Crippen LogP contribution in [-0.2, 0) is 14.6 Å². The van der Waals surface area contributed by atoms with Gasteiger partial charge in [0.15, 0.2) is 0 Å². The number of anilines is 1. The van der Waals surface area contributed by atoms with E-state index < -0.39 is 20.5 Å². The normalized spacial score (nSPS) is 16.7. The molecular weight excluding hydrogens is 364 g/mol. The minimum atomic E-state index is -4.62. The average molecular weight is 384 g/mol. The van der Waals surface area contributed by atoms with Gasteiger partial charge in [0.25, 0.3) is 0 Å². The van der Waals surface area contributed by atoms with Crippen molar-refractivity contribution in [2.24, 2.45) is 5.73 Å². The van der Waals surface area contributed by atoms with E-state index in [9.17, 15) is 22.0 Å². The van der Waals surface area contributed by atoms with Gasteiger partial charge in [-0.2, -0.15) is 8.78 Å². The first-order valence-electron chi connectivity index (χ1n) is 7.19. The molecule has 1 aliphatic rings. The second-order valence-corrected chi connectivity index (χ2v) is 7.41. The Kier molecular flexibility index (Phi) is 7.53. The van der Waals surface area contributed by atoms with Crippen molar-refractivity contribution in [1.29, 1.82) is 0 Å². The van der Waals surface area contributed by atoms with Gasteiger partial charge in [-0.05, 0) is 37.1 Å². The SMILES string of the molecule is Cl.NC1CCN(CC(=O)Nc2ccc(S(=O)(=O)C(F)F)cc2)CC1. The minimum absolute atomic E-state index is 0. The number of benzene rings is 1. The maximum Gasteiger partial charge on any atom is 0.341 e. The van der Waals surface area contributed by atoms with E-state index in [2.05, 4.69) is 5.32 Å². The fourth-order valence-electron chi connectivity index (χ4n) is 2.35. The number of hydrogen-bond donors (Lipinski definition) is 2. The minimum Gasteiger partial charge on any atom is -0.328 e. The number of piperidine rings is 1. The van der Waals surface area contributed by atoms with E-state index in [1.54, 1.807) is 0 Å². The lowest BCUT2D eigenvalue weighted by atomic mass is 10.1. The molecule has 0 aromatic heterocycles. The zero-order valence-corrected chi connectivity index (χ0v) is 14.5. The maximum absolute atomic E-state index is 12.4. The molecule has 1 aromatic rings. The van der Waals surface area contributed by atoms with E-state index in [4.69, 9.17) is 5.73 Å². The van der Waals surface area contributed by atoms with E-state index >= 15 is 0 Å². The van der Waals surface area contributed by atoms with Gasteiger partial charge in [-0.25, -0.2) is 8.42 Å². The number of amides is 1. The van der Waals surface area contributed by atoms with E-state index in [1.165, 1.54) is 12.1 Å². The zero-order chi connectivity index (χ0) is 17.0. The summed E-state index contributed by atoms with van der Waals surface area (Å²) in [6, 6.07) is 4.87. The first-order valence-corrected chi connectivity index (χ1v) is 8.73. The highest BCUT2D eigenvalue weighted by Crippen LogP contribution is 2.20. The second-order valence-electron chi connectivity index (χ2n) is 5.49. The number of hydrogen-bond acceptors (Lipinski definition) is 5. The van der Waals surface area contributed by atoms with Crippen LogP contribution in [0.4, 0.5) is 14.5 Å². The van der Waals surface area contributed by atoms with Gasteiger partial charge in [0.05, 0.1) is 11.4 Å². The molecule has 136 valence electrons. The molecule has 1 amide bonds. The van der Waals surface area contributed by atoms with Crippen LogP contribution in [0.2, 0.25) is 0 Å². The van der Waals surface area contributed by atoms with E-state index in [0.717, 1.165) is 38.1 Å². The summed E-state index contributed by atoms with van der Waals surface area (Å²) < 4.78 is 47.5. The highest BCUT2D eigenvalue weighted by molar-refractivity contribution is 7.91. The van der Waals surface area contributed by atoms with Crippen LogP contribution in [0.5, 0.6) is 0 Å². The Morgan fingerprint density at radius 2 is 1.79 bits per heavy atom. The van der Waals surface area contributed by atoms with Crippen LogP contribution in [0, 0.1) is 0 Å². The summed E-state index contributed by atoms with van der Waals surface area (Å²) in [5.41, 5.74) is 6.15. The fourth-order valence-corrected chi connectivity index (χ4v) is 3.07. The molecule has 0 atom stereocenters. The summed E-state index contributed by atoms with van der Waals surface area (Å²) in [6.45, 7) is 1.71. The third kappa shape index (κ3) is 5.37. The van der Waals surface area contributed by atoms with Crippen molar-refractivity contribution in [2.45, 2.75) is 29.5 Å². The summed E-state index contributed by atoms with van der Waals surface area (Å²) in [7, 11) is -4.62. The van der Waals surface area contributed by atoms with Crippen LogP contribution in [0.3, 0.4) is 0 Å². The van der Waals surface area contributed by atoms with Crippen molar-refractivity contribution in [3.05, 3.63) is 24.3 Å². The molecule has 24 heavy (non-hydrogen) atoms. The van der Waals surface area contributed by atoms with Crippen LogP contribution in [-0.4, -0.2) is 50.7 Å². The number of nitrogens with zero attached hydrogens (tertiary/aromatic N) is 1. The van der Waals surface area contributed by atoms with E-state index in [1.807, 2.05) is 4.90 Å². The molecule has 0 saturated carbocycles. The van der Waals surface area contributed by atoms with Gasteiger partial charge in [0, 0.05) is 24.8 Å². The Bertz CT molecular complexity index is 648. The van der Waals surface area contributed by atoms with Crippen molar-refractivity contribution < 1.29 is 22.0 Å². The molecule has 10 heteroatoms. The lowest BCUT2D eigenvalue weighted by Crippen LogP contribution is -2.43. The lowest BCUT2D eigenvalue weighted by molar-refractivity contribution is -0.117. The van der Waals surface area contributed by atoms with Crippen LogP contribution >= 0.6 is 12.4 Å². The highest BCUT2D eigenvalue weighted by Gasteiger charge is 2.26. The monoisotopic (exact) mass is 383 g/mol. The van der Waals surface area contributed by atoms with Crippen molar-refractivity contribution in [3.8, 4) is 0 Å². The van der Waals surface area contributed by atoms with Crippen molar-refractivity contribution in [3.63, 3.8) is 0 Å². The first kappa shape index (κ1) is 20.8. The first-order chi connectivity index (χ1) is 10.8. The van der Waals surface area contributed by atoms with E-state index in [0.29, 0.717) is 5.69 Å². The Balaban J connectivity index is 0.00000288. The van der Waals surface area contributed by atoms with Crippen LogP contribution in [0.25, 0.3) is 0 Å². The smallest absolute Gasteiger partial charge is 0.328 e. The molecule has 0 spiro atoms. The highest BCUT2D eigenvalue weighted by atomic mass is 35.5. The van der Waals surface area contributed by atoms with Crippen molar-refractivity contribution in [1.82, 2.24) is 4.90 Å². The van der Waals surface area contributed by atoms with Gasteiger partial charge in [-0.1, -0.05) is 0 Å². The van der Waals surface area contributed by atoms with Crippen LogP contribution in [0.15, 0.2) is 29.2 Å². The number of halogens is 3. The molecule has 1 heterocycles. The number of sulfone groups is 1. The topological polar surface area (TPSA) is 92.5 Å². The molecule has 1 aliphatic heterocycles. The molecular formula is C14H20ClF2N3O3S. The predicted octanol–water partition coefficient (Wildman–Crippen LogP) is 1.47. The van der Waals surface area contributed by atoms with Gasteiger partial charge >= 0.3 is 5.76 Å². The summed E-state index contributed by atoms with van der Waals surface area (Å²) in [5, 5.41) is 2.61. The van der Waals surface area contributed by atoms with Crippen molar-refractivity contribution in [2.75, 3.05) is 25.0 Å². The van der Waals surface area contributed by atoms with Crippen molar-refractivity contribution >= 4 is 33.8 Å². The summed E-state index contributed by atoms with van der Waals surface area (Å²) in [4.78, 5) is 13.4. The Labute approximate surface area is 145 Å². The number of alkyl halides is 2. The van der Waals surface area contributed by atoms with E-state index in [-0.39, 0.29) is 30.9 Å². The molecule has 1 fully saturated rings. The molecule has 1 aromatic carbocycles. The number of likely N-dealkylation sites (tertiary alicyclic amines) is 1. The average Bonchev–Trinajstić information content (AvgIpc) is 2.50. The molecule has 2 rings (SSSR count). The Morgan fingerprint density at radius 3 is 2.29 bits per heavy atom. The quantitative estimate of drug-likeness (QED) is 0.803. The molecule has 3 N–H and O–H groups in total. The summed E-state index contributed by atoms with van der Waals surface area (Å²) in [6.07, 6.45) is 1.68. The summed E-state index contributed by atoms with van der Waals surface area (Å²) >= 11 is 0. The van der Waals surface area contributed by atoms with Gasteiger partial charge in [-0.3, -0.25) is 9.69 Å². The maximum atomic E-state index is 12.4. The third-order valence-corrected chi connectivity index (χ3v) is 5.10. The number of rotatable bonds is 5. The fraction of sp³-hybridized carbons (Fsp3) is 0.500. The molecule has 0 aliphatic carbocycles. The van der Waals surface area contributed by atoms with Crippen LogP contribution < -0.4 is 11.1 Å². The van der Waals surface area contributed by atoms with Crippen LogP contribution in [0.1, 0.15) is 12.8 Å². The molecule has 6 nitrogen and oxygen atoms in total. The zero-order valence-electron chi connectivity index (χ0n) is 12.8. The molecule has 0 radical (unpaired) electrons. The summed E-state index contributed by atoms with van der Waals surface area (Å²) in [5.74, 6) is -3.71. The second kappa shape index (κ2) is 8.70. The number of nitrogens with two attached hydrogens (primary N) is 1.